The Labute approximate surface area is 128 Å². The number of thiazole rings is 1. The van der Waals surface area contributed by atoms with Crippen molar-refractivity contribution in [2.75, 3.05) is 0 Å². The minimum absolute atomic E-state index is 0.0105. The van der Waals surface area contributed by atoms with Crippen LogP contribution in [0.15, 0.2) is 27.8 Å². The fourth-order valence-corrected chi connectivity index (χ4v) is 4.27. The molecule has 0 atom stereocenters. The summed E-state index contributed by atoms with van der Waals surface area (Å²) in [5, 5.41) is 14.0. The molecule has 3 rings (SSSR count). The Morgan fingerprint density at radius 1 is 1.43 bits per heavy atom. The fourth-order valence-electron chi connectivity index (χ4n) is 1.93. The van der Waals surface area contributed by atoms with Gasteiger partial charge in [0.05, 0.1) is 12.1 Å². The number of pyridine rings is 1. The van der Waals surface area contributed by atoms with Crippen LogP contribution in [0.25, 0.3) is 5.65 Å². The molecule has 0 fully saturated rings. The average molecular weight is 320 g/mol. The van der Waals surface area contributed by atoms with E-state index in [1.165, 1.54) is 29.4 Å². The molecule has 0 radical (unpaired) electrons. The molecule has 0 aromatic carbocycles. The third-order valence-corrected chi connectivity index (χ3v) is 5.09. The van der Waals surface area contributed by atoms with Gasteiger partial charge in [-0.3, -0.25) is 4.79 Å². The predicted octanol–water partition coefficient (Wildman–Crippen LogP) is 2.58. The van der Waals surface area contributed by atoms with Crippen molar-refractivity contribution in [2.45, 2.75) is 29.6 Å². The van der Waals surface area contributed by atoms with Crippen molar-refractivity contribution in [2.24, 2.45) is 0 Å². The van der Waals surface area contributed by atoms with Gasteiger partial charge in [0.25, 0.3) is 0 Å². The van der Waals surface area contributed by atoms with Gasteiger partial charge in [-0.25, -0.2) is 14.5 Å². The first kappa shape index (κ1) is 14.0. The van der Waals surface area contributed by atoms with Crippen molar-refractivity contribution < 1.29 is 9.90 Å². The summed E-state index contributed by atoms with van der Waals surface area (Å²) in [5.41, 5.74) is 2.65. The summed E-state index contributed by atoms with van der Waals surface area (Å²) in [6, 6.07) is 3.97. The number of aromatic nitrogens is 4. The first-order chi connectivity index (χ1) is 10.0. The summed E-state index contributed by atoms with van der Waals surface area (Å²) in [6.07, 6.45) is 1.53. The van der Waals surface area contributed by atoms with Crippen LogP contribution < -0.4 is 0 Å². The Morgan fingerprint density at radius 3 is 3.00 bits per heavy atom. The molecule has 108 valence electrons. The van der Waals surface area contributed by atoms with E-state index in [-0.39, 0.29) is 6.42 Å². The lowest BCUT2D eigenvalue weighted by molar-refractivity contribution is -0.136. The lowest BCUT2D eigenvalue weighted by Gasteiger charge is -2.02. The molecule has 0 saturated heterocycles. The number of carboxylic acids is 1. The van der Waals surface area contributed by atoms with Gasteiger partial charge in [-0.2, -0.15) is 5.10 Å². The molecule has 0 amide bonds. The molecule has 3 aromatic heterocycles. The maximum Gasteiger partial charge on any atom is 0.308 e. The maximum atomic E-state index is 10.8. The minimum Gasteiger partial charge on any atom is -0.481 e. The van der Waals surface area contributed by atoms with Crippen LogP contribution in [0.4, 0.5) is 0 Å². The topological polar surface area (TPSA) is 80.4 Å². The standard InChI is InChI=1S/C13H12N4O2S2/c1-7-3-10-14-6-15-17(10)11(4-7)21-13-16-8(2)9(20-13)5-12(18)19/h3-4,6H,5H2,1-2H3,(H,18,19). The quantitative estimate of drug-likeness (QED) is 0.796. The zero-order valence-electron chi connectivity index (χ0n) is 11.4. The van der Waals surface area contributed by atoms with E-state index in [1.807, 2.05) is 26.0 Å². The molecule has 0 spiro atoms. The zero-order chi connectivity index (χ0) is 15.0. The molecule has 0 unspecified atom stereocenters. The molecular formula is C13H12N4O2S2. The molecule has 0 saturated carbocycles. The second-order valence-corrected chi connectivity index (χ2v) is 6.91. The average Bonchev–Trinajstić information content (AvgIpc) is 2.96. The van der Waals surface area contributed by atoms with Crippen LogP contribution in [0.5, 0.6) is 0 Å². The summed E-state index contributed by atoms with van der Waals surface area (Å²) in [6.45, 7) is 3.84. The number of hydrogen-bond acceptors (Lipinski definition) is 6. The normalized spacial score (nSPS) is 11.1. The number of rotatable bonds is 4. The van der Waals surface area contributed by atoms with Crippen molar-refractivity contribution in [3.8, 4) is 0 Å². The molecule has 3 aromatic rings. The predicted molar refractivity (Wildman–Crippen MR) is 80.0 cm³/mol. The summed E-state index contributed by atoms with van der Waals surface area (Å²) in [5.74, 6) is -0.840. The molecule has 3 heterocycles. The Morgan fingerprint density at radius 2 is 2.24 bits per heavy atom. The monoisotopic (exact) mass is 320 g/mol. The Kier molecular flexibility index (Phi) is 3.64. The van der Waals surface area contributed by atoms with E-state index >= 15 is 0 Å². The number of aliphatic carboxylic acids is 1. The smallest absolute Gasteiger partial charge is 0.308 e. The molecule has 0 aliphatic heterocycles. The number of hydrogen-bond donors (Lipinski definition) is 1. The lowest BCUT2D eigenvalue weighted by Crippen LogP contribution is -1.99. The minimum atomic E-state index is -0.840. The third-order valence-electron chi connectivity index (χ3n) is 2.87. The zero-order valence-corrected chi connectivity index (χ0v) is 13.0. The van der Waals surface area contributed by atoms with Gasteiger partial charge in [0.2, 0.25) is 0 Å². The van der Waals surface area contributed by atoms with Crippen LogP contribution in [0.1, 0.15) is 16.1 Å². The number of fused-ring (bicyclic) bond motifs is 1. The molecular weight excluding hydrogens is 308 g/mol. The maximum absolute atomic E-state index is 10.8. The van der Waals surface area contributed by atoms with Crippen LogP contribution in [0, 0.1) is 13.8 Å². The van der Waals surface area contributed by atoms with E-state index in [9.17, 15) is 4.79 Å². The second-order valence-electron chi connectivity index (χ2n) is 4.56. The number of aryl methyl sites for hydroxylation is 2. The second kappa shape index (κ2) is 5.45. The van der Waals surface area contributed by atoms with E-state index in [0.29, 0.717) is 0 Å². The fraction of sp³-hybridized carbons (Fsp3) is 0.231. The number of carbonyl (C=O) groups is 1. The third kappa shape index (κ3) is 2.91. The molecule has 8 heteroatoms. The van der Waals surface area contributed by atoms with Gasteiger partial charge in [0, 0.05) is 4.88 Å². The largest absolute Gasteiger partial charge is 0.481 e. The number of nitrogens with zero attached hydrogens (tertiary/aromatic N) is 4. The van der Waals surface area contributed by atoms with Gasteiger partial charge in [-0.15, -0.1) is 11.3 Å². The summed E-state index contributed by atoms with van der Waals surface area (Å²) in [7, 11) is 0. The molecule has 0 aliphatic rings. The highest BCUT2D eigenvalue weighted by molar-refractivity contribution is 8.01. The van der Waals surface area contributed by atoms with Gasteiger partial charge in [0.15, 0.2) is 9.99 Å². The van der Waals surface area contributed by atoms with Crippen LogP contribution in [0.2, 0.25) is 0 Å². The Balaban J connectivity index is 1.95. The van der Waals surface area contributed by atoms with Crippen molar-refractivity contribution in [1.29, 1.82) is 0 Å². The first-order valence-corrected chi connectivity index (χ1v) is 7.82. The summed E-state index contributed by atoms with van der Waals surface area (Å²) < 4.78 is 2.57. The van der Waals surface area contributed by atoms with E-state index in [0.717, 1.165) is 31.1 Å². The Hall–Kier alpha value is -1.93. The highest BCUT2D eigenvalue weighted by atomic mass is 32.2. The van der Waals surface area contributed by atoms with Crippen molar-refractivity contribution >= 4 is 34.7 Å². The van der Waals surface area contributed by atoms with Crippen molar-refractivity contribution in [3.05, 3.63) is 34.6 Å². The Bertz CT molecular complexity index is 825. The SMILES string of the molecule is Cc1cc(Sc2nc(C)c(CC(=O)O)s2)n2ncnc2c1. The number of carboxylic acid groups (broad SMARTS) is 1. The van der Waals surface area contributed by atoms with Crippen LogP contribution >= 0.6 is 23.1 Å². The van der Waals surface area contributed by atoms with E-state index in [2.05, 4.69) is 15.1 Å². The van der Waals surface area contributed by atoms with Gasteiger partial charge in [0.1, 0.15) is 11.4 Å². The highest BCUT2D eigenvalue weighted by Crippen LogP contribution is 2.33. The summed E-state index contributed by atoms with van der Waals surface area (Å²) in [4.78, 5) is 20.2. The van der Waals surface area contributed by atoms with Gasteiger partial charge in [-0.1, -0.05) is 0 Å². The molecule has 0 bridgehead atoms. The van der Waals surface area contributed by atoms with Crippen LogP contribution in [-0.4, -0.2) is 30.7 Å². The van der Waals surface area contributed by atoms with E-state index < -0.39 is 5.97 Å². The molecule has 21 heavy (non-hydrogen) atoms. The van der Waals surface area contributed by atoms with Crippen molar-refractivity contribution in [3.63, 3.8) is 0 Å². The van der Waals surface area contributed by atoms with Crippen LogP contribution in [-0.2, 0) is 11.2 Å². The van der Waals surface area contributed by atoms with Crippen molar-refractivity contribution in [1.82, 2.24) is 19.6 Å². The molecule has 1 N–H and O–H groups in total. The van der Waals surface area contributed by atoms with E-state index in [4.69, 9.17) is 5.11 Å². The first-order valence-electron chi connectivity index (χ1n) is 6.19. The van der Waals surface area contributed by atoms with Gasteiger partial charge in [-0.05, 0) is 43.3 Å². The van der Waals surface area contributed by atoms with Gasteiger partial charge >= 0.3 is 5.97 Å². The van der Waals surface area contributed by atoms with E-state index in [1.54, 1.807) is 4.52 Å². The molecule has 6 nitrogen and oxygen atoms in total. The molecule has 0 aliphatic carbocycles. The van der Waals surface area contributed by atoms with Crippen LogP contribution in [0.3, 0.4) is 0 Å². The lowest BCUT2D eigenvalue weighted by atomic mass is 10.3. The van der Waals surface area contributed by atoms with Gasteiger partial charge < -0.3 is 5.11 Å². The summed E-state index contributed by atoms with van der Waals surface area (Å²) >= 11 is 2.88. The highest BCUT2D eigenvalue weighted by Gasteiger charge is 2.14.